The van der Waals surface area contributed by atoms with Crippen LogP contribution in [0.2, 0.25) is 0 Å². The van der Waals surface area contributed by atoms with E-state index in [4.69, 9.17) is 24.7 Å². The first-order valence-corrected chi connectivity index (χ1v) is 8.00. The number of hydrogen-bond acceptors (Lipinski definition) is 7. The van der Waals surface area contributed by atoms with Crippen molar-refractivity contribution in [3.63, 3.8) is 0 Å². The van der Waals surface area contributed by atoms with Crippen molar-refractivity contribution >= 4 is 11.9 Å². The highest BCUT2D eigenvalue weighted by molar-refractivity contribution is 5.82. The third kappa shape index (κ3) is 7.40. The predicted octanol–water partition coefficient (Wildman–Crippen LogP) is 0.770. The third-order valence-electron chi connectivity index (χ3n) is 3.57. The fraction of sp³-hybridized carbons (Fsp3) is 0.750. The van der Waals surface area contributed by atoms with Crippen LogP contribution in [0.25, 0.3) is 0 Å². The quantitative estimate of drug-likeness (QED) is 0.541. The van der Waals surface area contributed by atoms with E-state index >= 15 is 0 Å². The van der Waals surface area contributed by atoms with Crippen LogP contribution >= 0.6 is 0 Å². The van der Waals surface area contributed by atoms with E-state index in [1.165, 1.54) is 4.90 Å². The lowest BCUT2D eigenvalue weighted by Gasteiger charge is -2.21. The largest absolute Gasteiger partial charge is 0.454 e. The van der Waals surface area contributed by atoms with E-state index in [-0.39, 0.29) is 32.0 Å². The summed E-state index contributed by atoms with van der Waals surface area (Å²) in [7, 11) is 0. The highest BCUT2D eigenvalue weighted by atomic mass is 16.6. The molecule has 0 aromatic carbocycles. The molecule has 0 bridgehead atoms. The van der Waals surface area contributed by atoms with Crippen molar-refractivity contribution in [3.8, 4) is 12.1 Å². The second kappa shape index (κ2) is 11.4. The van der Waals surface area contributed by atoms with Crippen molar-refractivity contribution in [2.45, 2.75) is 44.8 Å². The average Bonchev–Trinajstić information content (AvgIpc) is 3.10. The topological polar surface area (TPSA) is 113 Å². The van der Waals surface area contributed by atoms with Gasteiger partial charge in [-0.25, -0.2) is 4.79 Å². The van der Waals surface area contributed by atoms with Gasteiger partial charge in [-0.3, -0.25) is 4.79 Å². The third-order valence-corrected chi connectivity index (χ3v) is 3.57. The molecule has 0 N–H and O–H groups in total. The molecule has 8 heteroatoms. The van der Waals surface area contributed by atoms with Crippen molar-refractivity contribution in [3.05, 3.63) is 0 Å². The number of carbonyl (C=O) groups is 2. The number of ether oxygens (including phenoxy) is 3. The maximum Gasteiger partial charge on any atom is 0.335 e. The van der Waals surface area contributed by atoms with Gasteiger partial charge in [0.2, 0.25) is 0 Å². The molecule has 0 saturated carbocycles. The number of amides is 1. The molecule has 132 valence electrons. The van der Waals surface area contributed by atoms with Crippen LogP contribution in [-0.4, -0.2) is 61.9 Å². The second-order valence-corrected chi connectivity index (χ2v) is 5.42. The van der Waals surface area contributed by atoms with Crippen LogP contribution in [0.5, 0.6) is 0 Å². The van der Waals surface area contributed by atoms with Crippen molar-refractivity contribution in [1.82, 2.24) is 4.90 Å². The van der Waals surface area contributed by atoms with Crippen molar-refractivity contribution in [2.75, 3.05) is 32.9 Å². The fourth-order valence-electron chi connectivity index (χ4n) is 2.17. The van der Waals surface area contributed by atoms with Crippen molar-refractivity contribution in [1.29, 1.82) is 10.5 Å². The Bertz CT molecular complexity index is 473. The van der Waals surface area contributed by atoms with Gasteiger partial charge in [-0.2, -0.15) is 10.5 Å². The van der Waals surface area contributed by atoms with Crippen LogP contribution in [0.15, 0.2) is 0 Å². The van der Waals surface area contributed by atoms with Gasteiger partial charge in [-0.15, -0.1) is 0 Å². The van der Waals surface area contributed by atoms with Gasteiger partial charge in [-0.05, 0) is 19.8 Å². The van der Waals surface area contributed by atoms with Crippen LogP contribution in [0.3, 0.4) is 0 Å². The molecule has 1 fully saturated rings. The summed E-state index contributed by atoms with van der Waals surface area (Å²) in [6.07, 6.45) is 1.44. The summed E-state index contributed by atoms with van der Waals surface area (Å²) in [4.78, 5) is 25.2. The highest BCUT2D eigenvalue weighted by Crippen LogP contribution is 2.13. The molecule has 24 heavy (non-hydrogen) atoms. The Morgan fingerprint density at radius 2 is 1.96 bits per heavy atom. The van der Waals surface area contributed by atoms with Crippen LogP contribution in [0, 0.1) is 22.7 Å². The number of rotatable bonds is 10. The normalized spacial score (nSPS) is 17.5. The minimum atomic E-state index is -0.784. The molecule has 2 unspecified atom stereocenters. The average molecular weight is 337 g/mol. The van der Waals surface area contributed by atoms with Crippen LogP contribution < -0.4 is 0 Å². The Morgan fingerprint density at radius 3 is 2.50 bits per heavy atom. The fourth-order valence-corrected chi connectivity index (χ4v) is 2.17. The van der Waals surface area contributed by atoms with E-state index in [2.05, 4.69) is 0 Å². The Morgan fingerprint density at radius 1 is 1.29 bits per heavy atom. The zero-order chi connectivity index (χ0) is 17.8. The number of esters is 1. The summed E-state index contributed by atoms with van der Waals surface area (Å²) < 4.78 is 15.8. The molecule has 8 nitrogen and oxygen atoms in total. The van der Waals surface area contributed by atoms with Gasteiger partial charge in [0.1, 0.15) is 0 Å². The molecule has 1 heterocycles. The van der Waals surface area contributed by atoms with E-state index in [1.54, 1.807) is 6.92 Å². The Balaban J connectivity index is 2.32. The minimum absolute atomic E-state index is 0.00865. The van der Waals surface area contributed by atoms with E-state index in [0.717, 1.165) is 12.8 Å². The molecule has 1 rings (SSSR count). The first-order chi connectivity index (χ1) is 11.6. The van der Waals surface area contributed by atoms with Crippen LogP contribution in [0.4, 0.5) is 0 Å². The molecule has 0 aromatic heterocycles. The SMILES string of the molecule is CC(OCC1CCCO1)C(=O)OCC(=O)N(CCC#N)CCC#N. The first kappa shape index (κ1) is 19.9. The number of nitrogens with zero attached hydrogens (tertiary/aromatic N) is 3. The maximum absolute atomic E-state index is 12.0. The molecular formula is C16H23N3O5. The summed E-state index contributed by atoms with van der Waals surface area (Å²) >= 11 is 0. The van der Waals surface area contributed by atoms with E-state index in [1.807, 2.05) is 12.1 Å². The summed E-state index contributed by atoms with van der Waals surface area (Å²) in [6.45, 7) is 2.58. The lowest BCUT2D eigenvalue weighted by atomic mass is 10.2. The van der Waals surface area contributed by atoms with Gasteiger partial charge in [0.05, 0.1) is 37.7 Å². The Kier molecular flexibility index (Phi) is 9.44. The number of carbonyl (C=O) groups excluding carboxylic acids is 2. The van der Waals surface area contributed by atoms with Gasteiger partial charge in [0.25, 0.3) is 5.91 Å². The van der Waals surface area contributed by atoms with E-state index in [9.17, 15) is 9.59 Å². The second-order valence-electron chi connectivity index (χ2n) is 5.42. The van der Waals surface area contributed by atoms with Crippen molar-refractivity contribution in [2.24, 2.45) is 0 Å². The molecule has 1 saturated heterocycles. The zero-order valence-corrected chi connectivity index (χ0v) is 13.9. The van der Waals surface area contributed by atoms with Gasteiger partial charge < -0.3 is 19.1 Å². The summed E-state index contributed by atoms with van der Waals surface area (Å²) in [6, 6.07) is 3.88. The molecular weight excluding hydrogens is 314 g/mol. The molecule has 0 aromatic rings. The minimum Gasteiger partial charge on any atom is -0.454 e. The molecule has 2 atom stereocenters. The molecule has 1 amide bonds. The maximum atomic E-state index is 12.0. The van der Waals surface area contributed by atoms with Crippen molar-refractivity contribution < 1.29 is 23.8 Å². The lowest BCUT2D eigenvalue weighted by Crippen LogP contribution is -2.37. The number of nitriles is 2. The van der Waals surface area contributed by atoms with Crippen LogP contribution in [0.1, 0.15) is 32.6 Å². The molecule has 0 radical (unpaired) electrons. The smallest absolute Gasteiger partial charge is 0.335 e. The predicted molar refractivity (Wildman–Crippen MR) is 82.4 cm³/mol. The Hall–Kier alpha value is -2.16. The van der Waals surface area contributed by atoms with Gasteiger partial charge >= 0.3 is 5.97 Å². The van der Waals surface area contributed by atoms with E-state index < -0.39 is 24.6 Å². The molecule has 1 aliphatic heterocycles. The zero-order valence-electron chi connectivity index (χ0n) is 13.9. The Labute approximate surface area is 141 Å². The summed E-state index contributed by atoms with van der Waals surface area (Å²) in [5.41, 5.74) is 0. The van der Waals surface area contributed by atoms with Gasteiger partial charge in [-0.1, -0.05) is 0 Å². The van der Waals surface area contributed by atoms with Crippen LogP contribution in [-0.2, 0) is 23.8 Å². The molecule has 1 aliphatic rings. The highest BCUT2D eigenvalue weighted by Gasteiger charge is 2.22. The lowest BCUT2D eigenvalue weighted by molar-refractivity contribution is -0.162. The number of hydrogen-bond donors (Lipinski definition) is 0. The van der Waals surface area contributed by atoms with Gasteiger partial charge in [0.15, 0.2) is 12.7 Å². The van der Waals surface area contributed by atoms with E-state index in [0.29, 0.717) is 13.2 Å². The molecule has 0 aliphatic carbocycles. The standard InChI is InChI=1S/C16H23N3O5/c1-13(23-11-14-5-2-10-22-14)16(21)24-12-15(20)19(8-3-6-17)9-4-7-18/h13-14H,2-5,8-12H2,1H3. The van der Waals surface area contributed by atoms with Gasteiger partial charge in [0, 0.05) is 19.7 Å². The summed E-state index contributed by atoms with van der Waals surface area (Å²) in [5, 5.41) is 17.2. The molecule has 0 spiro atoms. The first-order valence-electron chi connectivity index (χ1n) is 8.00. The monoisotopic (exact) mass is 337 g/mol. The summed E-state index contributed by atoms with van der Waals surface area (Å²) in [5.74, 6) is -1.05.